The fourth-order valence-electron chi connectivity index (χ4n) is 3.26. The summed E-state index contributed by atoms with van der Waals surface area (Å²) in [6, 6.07) is 3.25. The first kappa shape index (κ1) is 21.3. The molecule has 2 rings (SSSR count). The summed E-state index contributed by atoms with van der Waals surface area (Å²) in [4.78, 5) is 26.9. The van der Waals surface area contributed by atoms with Gasteiger partial charge in [-0.05, 0) is 36.6 Å². The first-order chi connectivity index (χ1) is 12.9. The maximum atomic E-state index is 13.5. The molecule has 0 spiro atoms. The summed E-state index contributed by atoms with van der Waals surface area (Å²) in [7, 11) is 1.57. The molecule has 1 heterocycles. The van der Waals surface area contributed by atoms with Gasteiger partial charge in [0, 0.05) is 0 Å². The number of thioether (sulfide) groups is 1. The first-order valence-corrected chi connectivity index (χ1v) is 10.3. The van der Waals surface area contributed by atoms with Crippen molar-refractivity contribution in [1.29, 1.82) is 0 Å². The summed E-state index contributed by atoms with van der Waals surface area (Å²) >= 11 is 1.62. The number of ether oxygens (including phenoxy) is 1. The second-order valence-corrected chi connectivity index (χ2v) is 7.54. The van der Waals surface area contributed by atoms with Crippen LogP contribution in [0.2, 0.25) is 0 Å². The summed E-state index contributed by atoms with van der Waals surface area (Å²) in [5.74, 6) is 1.06. The highest BCUT2D eigenvalue weighted by atomic mass is 32.2. The van der Waals surface area contributed by atoms with Crippen molar-refractivity contribution >= 4 is 23.7 Å². The second-order valence-electron chi connectivity index (χ2n) is 6.55. The average Bonchev–Trinajstić information content (AvgIpc) is 2.65. The Bertz CT molecular complexity index is 653. The highest BCUT2D eigenvalue weighted by Gasteiger charge is 2.29. The molecule has 0 unspecified atom stereocenters. The maximum absolute atomic E-state index is 13.5. The molecule has 3 amide bonds. The predicted molar refractivity (Wildman–Crippen MR) is 103 cm³/mol. The topological polar surface area (TPSA) is 89.1 Å². The molecule has 1 aromatic rings. The minimum absolute atomic E-state index is 0.0924. The number of amides is 3. The molecule has 7 nitrogen and oxygen atoms in total. The fraction of sp³-hybridized carbons (Fsp3) is 0.556. The summed E-state index contributed by atoms with van der Waals surface area (Å²) in [6.07, 6.45) is 2.51. The van der Waals surface area contributed by atoms with Crippen LogP contribution in [0.15, 0.2) is 18.2 Å². The highest BCUT2D eigenvalue weighted by molar-refractivity contribution is 7.98. The number of piperazine rings is 1. The van der Waals surface area contributed by atoms with E-state index in [2.05, 4.69) is 5.32 Å². The van der Waals surface area contributed by atoms with E-state index in [-0.39, 0.29) is 11.7 Å². The van der Waals surface area contributed by atoms with E-state index >= 15 is 0 Å². The normalized spacial score (nSPS) is 16.0. The maximum Gasteiger partial charge on any atom is 0.312 e. The Kier molecular flexibility index (Phi) is 8.18. The molecule has 0 aliphatic carbocycles. The minimum atomic E-state index is -0.683. The Hall–Kier alpha value is -2.00. The van der Waals surface area contributed by atoms with Crippen LogP contribution in [0.25, 0.3) is 0 Å². The van der Waals surface area contributed by atoms with Crippen LogP contribution >= 0.6 is 11.8 Å². The van der Waals surface area contributed by atoms with E-state index in [1.54, 1.807) is 29.8 Å². The zero-order valence-electron chi connectivity index (χ0n) is 15.8. The minimum Gasteiger partial charge on any atom is -0.496 e. The number of hydrogen-bond acceptors (Lipinski definition) is 4. The monoisotopic (exact) mass is 399 g/mol. The molecule has 27 heavy (non-hydrogen) atoms. The van der Waals surface area contributed by atoms with Crippen LogP contribution in [-0.4, -0.2) is 68.2 Å². The lowest BCUT2D eigenvalue weighted by molar-refractivity contribution is -0.917. The number of carbonyl (C=O) groups excluding carboxylic acids is 2. The average molecular weight is 400 g/mol. The third-order valence-electron chi connectivity index (χ3n) is 4.69. The number of benzene rings is 1. The number of methoxy groups -OCH3 is 1. The van der Waals surface area contributed by atoms with Crippen molar-refractivity contribution in [2.45, 2.75) is 19.0 Å². The Labute approximate surface area is 163 Å². The van der Waals surface area contributed by atoms with E-state index in [0.29, 0.717) is 31.8 Å². The molecule has 150 valence electrons. The molecule has 9 heteroatoms. The molecular formula is C18H28FN4O3S+. The third kappa shape index (κ3) is 6.28. The van der Waals surface area contributed by atoms with E-state index < -0.39 is 12.1 Å². The number of nitrogens with zero attached hydrogens (tertiary/aromatic N) is 1. The number of nitrogens with one attached hydrogen (secondary N) is 2. The Morgan fingerprint density at radius 3 is 2.70 bits per heavy atom. The van der Waals surface area contributed by atoms with Crippen molar-refractivity contribution in [2.75, 3.05) is 45.3 Å². The number of primary amides is 1. The molecule has 0 saturated carbocycles. The molecule has 0 bridgehead atoms. The van der Waals surface area contributed by atoms with Gasteiger partial charge in [-0.3, -0.25) is 4.79 Å². The van der Waals surface area contributed by atoms with Gasteiger partial charge in [0.05, 0.1) is 38.9 Å². The molecule has 1 atom stereocenters. The molecule has 1 aliphatic heterocycles. The summed E-state index contributed by atoms with van der Waals surface area (Å²) in [6.45, 7) is 3.30. The Morgan fingerprint density at radius 2 is 2.11 bits per heavy atom. The van der Waals surface area contributed by atoms with Crippen molar-refractivity contribution in [1.82, 2.24) is 10.2 Å². The zero-order valence-corrected chi connectivity index (χ0v) is 16.6. The quantitative estimate of drug-likeness (QED) is 0.567. The standard InChI is InChI=1S/C18H27FN4O3S/c1-26-16-4-3-14(19)11-13(16)12-22-6-8-23(9-7-22)17(24)15(5-10-27-2)21-18(20)25/h3-4,11,15H,5-10,12H2,1-2H3,(H3,20,21,25)/p+1/t15-/m0/s1. The Morgan fingerprint density at radius 1 is 1.41 bits per heavy atom. The van der Waals surface area contributed by atoms with Gasteiger partial charge in [-0.1, -0.05) is 0 Å². The molecule has 1 fully saturated rings. The SMILES string of the molecule is COc1ccc(F)cc1C[NH+]1CCN(C(=O)[C@H](CCSC)NC(N)=O)CC1. The summed E-state index contributed by atoms with van der Waals surface area (Å²) < 4.78 is 18.8. The van der Waals surface area contributed by atoms with Crippen LogP contribution in [0.1, 0.15) is 12.0 Å². The number of urea groups is 1. The molecule has 0 radical (unpaired) electrons. The lowest BCUT2D eigenvalue weighted by Gasteiger charge is -2.34. The van der Waals surface area contributed by atoms with Crippen LogP contribution in [0.5, 0.6) is 5.75 Å². The largest absolute Gasteiger partial charge is 0.496 e. The van der Waals surface area contributed by atoms with Gasteiger partial charge in [0.15, 0.2) is 0 Å². The number of nitrogens with two attached hydrogens (primary N) is 1. The smallest absolute Gasteiger partial charge is 0.312 e. The third-order valence-corrected chi connectivity index (χ3v) is 5.33. The van der Waals surface area contributed by atoms with Crippen molar-refractivity contribution in [2.24, 2.45) is 5.73 Å². The van der Waals surface area contributed by atoms with Gasteiger partial charge in [-0.2, -0.15) is 11.8 Å². The first-order valence-electron chi connectivity index (χ1n) is 8.94. The summed E-state index contributed by atoms with van der Waals surface area (Å²) in [5, 5.41) is 2.55. The van der Waals surface area contributed by atoms with Crippen LogP contribution in [-0.2, 0) is 11.3 Å². The van der Waals surface area contributed by atoms with E-state index in [1.165, 1.54) is 17.0 Å². The van der Waals surface area contributed by atoms with Gasteiger partial charge >= 0.3 is 6.03 Å². The Balaban J connectivity index is 1.92. The van der Waals surface area contributed by atoms with Gasteiger partial charge in [-0.25, -0.2) is 9.18 Å². The van der Waals surface area contributed by atoms with Gasteiger partial charge < -0.3 is 25.6 Å². The van der Waals surface area contributed by atoms with Crippen LogP contribution < -0.4 is 20.7 Å². The summed E-state index contributed by atoms with van der Waals surface area (Å²) in [5.41, 5.74) is 6.03. The second kappa shape index (κ2) is 10.4. The van der Waals surface area contributed by atoms with Crippen molar-refractivity contribution in [3.05, 3.63) is 29.6 Å². The van der Waals surface area contributed by atoms with Crippen LogP contribution in [0.4, 0.5) is 9.18 Å². The number of quaternary nitrogens is 1. The van der Waals surface area contributed by atoms with E-state index in [1.807, 2.05) is 6.26 Å². The number of hydrogen-bond donors (Lipinski definition) is 3. The van der Waals surface area contributed by atoms with E-state index in [0.717, 1.165) is 24.4 Å². The molecule has 1 aromatic carbocycles. The fourth-order valence-corrected chi connectivity index (χ4v) is 3.73. The lowest BCUT2D eigenvalue weighted by Crippen LogP contribution is -3.13. The van der Waals surface area contributed by atoms with Crippen LogP contribution in [0.3, 0.4) is 0 Å². The van der Waals surface area contributed by atoms with Crippen LogP contribution in [0, 0.1) is 5.82 Å². The zero-order chi connectivity index (χ0) is 19.8. The molecule has 0 aromatic heterocycles. The molecular weight excluding hydrogens is 371 g/mol. The van der Waals surface area contributed by atoms with Gasteiger partial charge in [0.2, 0.25) is 5.91 Å². The van der Waals surface area contributed by atoms with E-state index in [9.17, 15) is 14.0 Å². The predicted octanol–water partition coefficient (Wildman–Crippen LogP) is -0.149. The number of carbonyl (C=O) groups is 2. The van der Waals surface area contributed by atoms with Crippen molar-refractivity contribution in [3.8, 4) is 5.75 Å². The van der Waals surface area contributed by atoms with Gasteiger partial charge in [0.25, 0.3) is 0 Å². The highest BCUT2D eigenvalue weighted by Crippen LogP contribution is 2.18. The van der Waals surface area contributed by atoms with Crippen molar-refractivity contribution < 1.29 is 23.6 Å². The molecule has 1 aliphatic rings. The number of rotatable bonds is 8. The molecule has 1 saturated heterocycles. The van der Waals surface area contributed by atoms with Crippen molar-refractivity contribution in [3.63, 3.8) is 0 Å². The van der Waals surface area contributed by atoms with Gasteiger partial charge in [-0.15, -0.1) is 0 Å². The number of halogens is 1. The van der Waals surface area contributed by atoms with Gasteiger partial charge in [0.1, 0.15) is 24.2 Å². The lowest BCUT2D eigenvalue weighted by atomic mass is 10.1. The van der Waals surface area contributed by atoms with E-state index in [4.69, 9.17) is 10.5 Å². The molecule has 4 N–H and O–H groups in total.